The minimum Gasteiger partial charge on any atom is -0.472 e. The molecule has 1 heterocycles. The minimum absolute atomic E-state index is 0.0730. The van der Waals surface area contributed by atoms with Crippen LogP contribution in [0, 0.1) is 0 Å². The van der Waals surface area contributed by atoms with Gasteiger partial charge >= 0.3 is 0 Å². The van der Waals surface area contributed by atoms with E-state index in [2.05, 4.69) is 18.3 Å². The van der Waals surface area contributed by atoms with E-state index in [1.54, 1.807) is 6.26 Å². The van der Waals surface area contributed by atoms with Gasteiger partial charge in [-0.25, -0.2) is 0 Å². The minimum atomic E-state index is -0.0730. The number of likely N-dealkylation sites (N-methyl/N-ethyl adjacent to an activating group) is 1. The second kappa shape index (κ2) is 6.39. The number of nitrogens with one attached hydrogen (secondary N) is 1. The van der Waals surface area contributed by atoms with Crippen LogP contribution in [-0.2, 0) is 4.74 Å². The van der Waals surface area contributed by atoms with E-state index in [-0.39, 0.29) is 11.6 Å². The lowest BCUT2D eigenvalue weighted by Gasteiger charge is -2.39. The summed E-state index contributed by atoms with van der Waals surface area (Å²) in [6.45, 7) is 3.09. The molecule has 3 nitrogen and oxygen atoms in total. The highest BCUT2D eigenvalue weighted by atomic mass is 16.5. The zero-order valence-corrected chi connectivity index (χ0v) is 11.6. The van der Waals surface area contributed by atoms with E-state index in [1.807, 2.05) is 13.4 Å². The van der Waals surface area contributed by atoms with Crippen molar-refractivity contribution in [3.8, 4) is 0 Å². The Morgan fingerprint density at radius 3 is 2.56 bits per heavy atom. The molecule has 1 aromatic heterocycles. The number of hydrogen-bond acceptors (Lipinski definition) is 3. The number of hydrogen-bond donors (Lipinski definition) is 1. The molecule has 0 radical (unpaired) electrons. The molecule has 1 atom stereocenters. The lowest BCUT2D eigenvalue weighted by molar-refractivity contribution is -0.0538. The second-order valence-electron chi connectivity index (χ2n) is 5.23. The van der Waals surface area contributed by atoms with E-state index in [0.29, 0.717) is 0 Å². The summed E-state index contributed by atoms with van der Waals surface area (Å²) in [5.74, 6) is 0. The van der Waals surface area contributed by atoms with Crippen molar-refractivity contribution in [1.29, 1.82) is 0 Å². The van der Waals surface area contributed by atoms with E-state index in [9.17, 15) is 0 Å². The van der Waals surface area contributed by atoms with Gasteiger partial charge in [0.25, 0.3) is 0 Å². The van der Waals surface area contributed by atoms with Gasteiger partial charge in [-0.05, 0) is 25.5 Å². The van der Waals surface area contributed by atoms with Crippen LogP contribution in [0.3, 0.4) is 0 Å². The van der Waals surface area contributed by atoms with Crippen LogP contribution in [0.15, 0.2) is 23.0 Å². The Balaban J connectivity index is 2.25. The first-order chi connectivity index (χ1) is 8.82. The van der Waals surface area contributed by atoms with E-state index in [0.717, 1.165) is 19.4 Å². The van der Waals surface area contributed by atoms with Crippen LogP contribution in [-0.4, -0.2) is 19.3 Å². The second-order valence-corrected chi connectivity index (χ2v) is 5.23. The molecule has 1 N–H and O–H groups in total. The first kappa shape index (κ1) is 13.6. The van der Waals surface area contributed by atoms with Crippen molar-refractivity contribution in [2.24, 2.45) is 0 Å². The molecule has 0 aliphatic heterocycles. The maximum absolute atomic E-state index is 5.99. The summed E-state index contributed by atoms with van der Waals surface area (Å²) in [6, 6.07) is 2.29. The summed E-state index contributed by atoms with van der Waals surface area (Å²) in [5, 5.41) is 3.59. The first-order valence-corrected chi connectivity index (χ1v) is 7.13. The van der Waals surface area contributed by atoms with Crippen LogP contribution < -0.4 is 5.32 Å². The monoisotopic (exact) mass is 251 g/mol. The summed E-state index contributed by atoms with van der Waals surface area (Å²) in [4.78, 5) is 0. The Labute approximate surface area is 110 Å². The van der Waals surface area contributed by atoms with Crippen molar-refractivity contribution in [2.75, 3.05) is 13.7 Å². The van der Waals surface area contributed by atoms with Gasteiger partial charge in [0.15, 0.2) is 0 Å². The molecule has 3 heteroatoms. The number of rotatable bonds is 5. The molecule has 0 amide bonds. The van der Waals surface area contributed by atoms with Crippen molar-refractivity contribution in [2.45, 2.75) is 57.1 Å². The quantitative estimate of drug-likeness (QED) is 0.811. The van der Waals surface area contributed by atoms with Crippen molar-refractivity contribution < 1.29 is 9.15 Å². The van der Waals surface area contributed by atoms with E-state index < -0.39 is 0 Å². The van der Waals surface area contributed by atoms with Crippen LogP contribution in [0.4, 0.5) is 0 Å². The fraction of sp³-hybridized carbons (Fsp3) is 0.733. The van der Waals surface area contributed by atoms with Crippen LogP contribution in [0.25, 0.3) is 0 Å². The predicted molar refractivity (Wildman–Crippen MR) is 72.6 cm³/mol. The summed E-state index contributed by atoms with van der Waals surface area (Å²) in [7, 11) is 1.86. The van der Waals surface area contributed by atoms with Crippen LogP contribution in [0.2, 0.25) is 0 Å². The third kappa shape index (κ3) is 2.78. The van der Waals surface area contributed by atoms with Crippen molar-refractivity contribution >= 4 is 0 Å². The predicted octanol–water partition coefficient (Wildman–Crippen LogP) is 3.67. The number of methoxy groups -OCH3 is 1. The normalized spacial score (nSPS) is 21.4. The molecule has 1 aliphatic carbocycles. The lowest BCUT2D eigenvalue weighted by atomic mass is 9.83. The maximum Gasteiger partial charge on any atom is 0.0951 e. The summed E-state index contributed by atoms with van der Waals surface area (Å²) >= 11 is 0. The first-order valence-electron chi connectivity index (χ1n) is 7.13. The molecule has 1 unspecified atom stereocenters. The van der Waals surface area contributed by atoms with Crippen LogP contribution in [0.5, 0.6) is 0 Å². The molecule has 0 bridgehead atoms. The summed E-state index contributed by atoms with van der Waals surface area (Å²) in [5.41, 5.74) is 1.14. The van der Waals surface area contributed by atoms with E-state index in [4.69, 9.17) is 9.15 Å². The third-order valence-electron chi connectivity index (χ3n) is 4.17. The molecule has 102 valence electrons. The SMILES string of the molecule is CCNC(c1ccoc1)C1(OC)CCCCCC1. The van der Waals surface area contributed by atoms with Gasteiger partial charge in [0.1, 0.15) is 0 Å². The van der Waals surface area contributed by atoms with Gasteiger partial charge in [-0.3, -0.25) is 0 Å². The largest absolute Gasteiger partial charge is 0.472 e. The Morgan fingerprint density at radius 2 is 2.06 bits per heavy atom. The average Bonchev–Trinajstić information content (AvgIpc) is 2.81. The number of ether oxygens (including phenoxy) is 1. The Hall–Kier alpha value is -0.800. The number of furan rings is 1. The highest BCUT2D eigenvalue weighted by molar-refractivity contribution is 5.17. The zero-order chi connectivity index (χ0) is 12.8. The smallest absolute Gasteiger partial charge is 0.0951 e. The summed E-state index contributed by atoms with van der Waals surface area (Å²) < 4.78 is 11.3. The van der Waals surface area contributed by atoms with E-state index in [1.165, 1.54) is 31.2 Å². The average molecular weight is 251 g/mol. The van der Waals surface area contributed by atoms with Gasteiger partial charge in [0.05, 0.1) is 24.2 Å². The van der Waals surface area contributed by atoms with Gasteiger partial charge in [0, 0.05) is 12.7 Å². The highest BCUT2D eigenvalue weighted by Gasteiger charge is 2.40. The van der Waals surface area contributed by atoms with Crippen molar-refractivity contribution in [3.05, 3.63) is 24.2 Å². The molecule has 2 rings (SSSR count). The van der Waals surface area contributed by atoms with Crippen molar-refractivity contribution in [3.63, 3.8) is 0 Å². The lowest BCUT2D eigenvalue weighted by Crippen LogP contribution is -2.45. The maximum atomic E-state index is 5.99. The van der Waals surface area contributed by atoms with Gasteiger partial charge < -0.3 is 14.5 Å². The van der Waals surface area contributed by atoms with Gasteiger partial charge in [-0.2, -0.15) is 0 Å². The Morgan fingerprint density at radius 1 is 1.33 bits per heavy atom. The topological polar surface area (TPSA) is 34.4 Å². The fourth-order valence-corrected chi connectivity index (χ4v) is 3.19. The molecular formula is C15H25NO2. The Kier molecular flexibility index (Phi) is 4.84. The standard InChI is InChI=1S/C15H25NO2/c1-3-16-14(13-8-11-18-12-13)15(17-2)9-6-4-5-7-10-15/h8,11-12,14,16H,3-7,9-10H2,1-2H3. The van der Waals surface area contributed by atoms with E-state index >= 15 is 0 Å². The van der Waals surface area contributed by atoms with Gasteiger partial charge in [-0.1, -0.05) is 32.6 Å². The Bertz CT molecular complexity index is 326. The molecule has 0 aromatic carbocycles. The third-order valence-corrected chi connectivity index (χ3v) is 4.17. The highest BCUT2D eigenvalue weighted by Crippen LogP contribution is 2.40. The molecular weight excluding hydrogens is 226 g/mol. The molecule has 1 aromatic rings. The van der Waals surface area contributed by atoms with Gasteiger partial charge in [0.2, 0.25) is 0 Å². The van der Waals surface area contributed by atoms with Crippen molar-refractivity contribution in [1.82, 2.24) is 5.32 Å². The molecule has 0 saturated heterocycles. The molecule has 1 saturated carbocycles. The molecule has 0 spiro atoms. The van der Waals surface area contributed by atoms with Crippen LogP contribution in [0.1, 0.15) is 57.1 Å². The van der Waals surface area contributed by atoms with Gasteiger partial charge in [-0.15, -0.1) is 0 Å². The molecule has 1 fully saturated rings. The fourth-order valence-electron chi connectivity index (χ4n) is 3.19. The molecule has 1 aliphatic rings. The van der Waals surface area contributed by atoms with Crippen LogP contribution >= 0.6 is 0 Å². The molecule has 18 heavy (non-hydrogen) atoms. The zero-order valence-electron chi connectivity index (χ0n) is 11.6. The summed E-state index contributed by atoms with van der Waals surface area (Å²) in [6.07, 6.45) is 11.0.